The Bertz CT molecular complexity index is 2850. The first-order chi connectivity index (χ1) is 35.2. The first kappa shape index (κ1) is 56.1. The third-order valence-corrected chi connectivity index (χ3v) is 12.7. The monoisotopic (exact) mass is 992 g/mol. The summed E-state index contributed by atoms with van der Waals surface area (Å²) in [6, 6.07) is 56.3. The van der Waals surface area contributed by atoms with Crippen molar-refractivity contribution < 1.29 is 28.7 Å². The molecule has 0 radical (unpaired) electrons. The molecule has 2 amide bonds. The van der Waals surface area contributed by atoms with E-state index in [-0.39, 0.29) is 45.7 Å². The zero-order chi connectivity index (χ0) is 50.7. The van der Waals surface area contributed by atoms with Crippen molar-refractivity contribution in [3.8, 4) is 12.3 Å². The second-order valence-corrected chi connectivity index (χ2v) is 17.3. The van der Waals surface area contributed by atoms with Crippen molar-refractivity contribution in [3.63, 3.8) is 0 Å². The Hall–Kier alpha value is -8.79. The van der Waals surface area contributed by atoms with Gasteiger partial charge in [-0.15, -0.1) is 17.4 Å². The Morgan fingerprint density at radius 3 is 1.42 bits per heavy atom. The van der Waals surface area contributed by atoms with Crippen LogP contribution in [0.15, 0.2) is 193 Å². The van der Waals surface area contributed by atoms with E-state index in [1.807, 2.05) is 175 Å². The Kier molecular flexibility index (Phi) is 21.5. The summed E-state index contributed by atoms with van der Waals surface area (Å²) < 4.78 is 11.8. The summed E-state index contributed by atoms with van der Waals surface area (Å²) >= 11 is 0. The Labute approximate surface area is 434 Å². The maximum Gasteiger partial charge on any atom is 0.328 e. The zero-order valence-corrected chi connectivity index (χ0v) is 40.2. The molecule has 0 saturated carbocycles. The molecule has 1 aromatic heterocycles. The van der Waals surface area contributed by atoms with E-state index in [2.05, 4.69) is 38.4 Å². The second kappa shape index (κ2) is 28.3. The minimum absolute atomic E-state index is 0. The van der Waals surface area contributed by atoms with Crippen LogP contribution < -0.4 is 0 Å². The van der Waals surface area contributed by atoms with Gasteiger partial charge >= 0.3 is 11.9 Å². The molecule has 380 valence electrons. The molecule has 7 aromatic rings. The molecule has 0 unspecified atom stereocenters. The zero-order valence-electron chi connectivity index (χ0n) is 40.2. The third-order valence-electron chi connectivity index (χ3n) is 12.7. The highest BCUT2D eigenvalue weighted by atomic mass is 16.5. The van der Waals surface area contributed by atoms with Gasteiger partial charge in [0.1, 0.15) is 12.1 Å². The molecule has 9 rings (SSSR count). The number of benzene rings is 6. The molecule has 0 N–H and O–H groups in total. The minimum Gasteiger partial charge on any atom is -0.467 e. The number of esters is 2. The lowest BCUT2D eigenvalue weighted by Gasteiger charge is -2.28. The molecule has 2 saturated heterocycles. The predicted octanol–water partition coefficient (Wildman–Crippen LogP) is 10.4. The number of terminal acetylenes is 1. The molecule has 6 aromatic carbocycles. The average Bonchev–Trinajstić information content (AvgIpc) is 4.20. The Balaban J connectivity index is 0.000000235. The molecule has 14 heteroatoms. The molecule has 0 spiro atoms. The summed E-state index contributed by atoms with van der Waals surface area (Å²) in [4.78, 5) is 58.7. The Morgan fingerprint density at radius 1 is 0.622 bits per heavy atom. The summed E-state index contributed by atoms with van der Waals surface area (Å²) in [7, 11) is 2.65. The maximum absolute atomic E-state index is 14.1. The number of nitrogens with zero attached hydrogens (tertiary/aromatic N) is 8. The lowest BCUT2D eigenvalue weighted by Crippen LogP contribution is -2.43. The first-order valence-electron chi connectivity index (χ1n) is 23.7. The number of hydrogen-bond donors (Lipinski definition) is 0. The topological polar surface area (TPSA) is 173 Å². The number of carbonyl (C=O) groups is 4. The van der Waals surface area contributed by atoms with E-state index >= 15 is 0 Å². The van der Waals surface area contributed by atoms with Gasteiger partial charge in [0, 0.05) is 37.3 Å². The number of likely N-dealkylation sites (tertiary alicyclic amines) is 2. The summed E-state index contributed by atoms with van der Waals surface area (Å²) in [5.74, 6) is 0.241. The van der Waals surface area contributed by atoms with Gasteiger partial charge < -0.3 is 19.3 Å². The molecular formula is C60H64N8O6. The largest absolute Gasteiger partial charge is 0.467 e. The molecular weight excluding hydrogens is 929 g/mol. The van der Waals surface area contributed by atoms with Crippen LogP contribution in [0.2, 0.25) is 0 Å². The van der Waals surface area contributed by atoms with Gasteiger partial charge in [0.15, 0.2) is 0 Å². The number of carbonyl (C=O) groups excluding carboxylic acids is 4. The molecule has 0 aliphatic carbocycles. The highest BCUT2D eigenvalue weighted by Gasteiger charge is 2.45. The standard InChI is InChI=1S/C29H28N4O3.C20H20N4O3.C9H8.2CH4/c1-36-29(35)26-18-25(33-24(19-30-31-33)17-21-11-5-2-6-12-21)20-32(26)28(34)27(22-13-7-3-8-14-22)23-15-9-4-10-16-23;1-27-20(26)17-12-16(22-23-21)13-24(17)19(25)18(14-8-4-2-5-9-14)15-10-6-3-7-11-15;1-2-6-9-7-4-3-5-8-9;;/h2-16,19,25-27H,17-18,20H2,1H3;2-11,16-18H,12-13H2,1H3;1,3-5,7-8H,6H2;2*1H4/t25-,26-;16-,17-;;;/m00.../s1. The van der Waals surface area contributed by atoms with Gasteiger partial charge in [-0.1, -0.05) is 207 Å². The SMILES string of the molecule is C.C.C#CCc1ccccc1.COC(=O)[C@@H]1C[C@H](N=[N+]=[N-])CN1C(=O)C(c1ccccc1)c1ccccc1.COC(=O)[C@@H]1C[C@H](n2nncc2Cc2ccccc2)CN1C(=O)C(c1ccccc1)c1ccccc1. The smallest absolute Gasteiger partial charge is 0.328 e. The van der Waals surface area contributed by atoms with Crippen LogP contribution in [0.3, 0.4) is 0 Å². The van der Waals surface area contributed by atoms with Crippen LogP contribution in [-0.2, 0) is 41.5 Å². The van der Waals surface area contributed by atoms with Crippen molar-refractivity contribution in [1.82, 2.24) is 24.8 Å². The molecule has 2 aliphatic rings. The fourth-order valence-corrected chi connectivity index (χ4v) is 9.25. The van der Waals surface area contributed by atoms with Crippen molar-refractivity contribution in [2.24, 2.45) is 5.11 Å². The summed E-state index contributed by atoms with van der Waals surface area (Å²) in [6.45, 7) is 0.540. The van der Waals surface area contributed by atoms with E-state index < -0.39 is 41.9 Å². The molecule has 0 bridgehead atoms. The lowest BCUT2D eigenvalue weighted by molar-refractivity contribution is -0.151. The van der Waals surface area contributed by atoms with Crippen molar-refractivity contribution in [2.75, 3.05) is 27.3 Å². The van der Waals surface area contributed by atoms with E-state index in [0.29, 0.717) is 19.4 Å². The van der Waals surface area contributed by atoms with E-state index in [0.717, 1.165) is 39.9 Å². The maximum atomic E-state index is 14.1. The van der Waals surface area contributed by atoms with Gasteiger partial charge in [-0.3, -0.25) is 9.59 Å². The molecule has 3 heterocycles. The highest BCUT2D eigenvalue weighted by Crippen LogP contribution is 2.35. The van der Waals surface area contributed by atoms with Crippen LogP contribution >= 0.6 is 0 Å². The molecule has 4 atom stereocenters. The van der Waals surface area contributed by atoms with Gasteiger partial charge in [-0.2, -0.15) is 0 Å². The molecule has 2 aliphatic heterocycles. The first-order valence-corrected chi connectivity index (χ1v) is 23.7. The van der Waals surface area contributed by atoms with Crippen LogP contribution in [0.1, 0.15) is 84.6 Å². The van der Waals surface area contributed by atoms with Gasteiger partial charge in [-0.25, -0.2) is 14.3 Å². The van der Waals surface area contributed by atoms with Crippen LogP contribution in [0.25, 0.3) is 10.4 Å². The number of methoxy groups -OCH3 is 2. The average molecular weight is 993 g/mol. The van der Waals surface area contributed by atoms with Gasteiger partial charge in [0.05, 0.1) is 50.0 Å². The van der Waals surface area contributed by atoms with Gasteiger partial charge in [0.25, 0.3) is 0 Å². The third kappa shape index (κ3) is 14.2. The molecule has 14 nitrogen and oxygen atoms in total. The van der Waals surface area contributed by atoms with E-state index in [1.54, 1.807) is 11.1 Å². The normalized spacial score (nSPS) is 16.3. The number of hydrogen-bond acceptors (Lipinski definition) is 9. The summed E-state index contributed by atoms with van der Waals surface area (Å²) in [5, 5.41) is 12.2. The number of amides is 2. The van der Waals surface area contributed by atoms with Crippen LogP contribution in [0, 0.1) is 12.3 Å². The summed E-state index contributed by atoms with van der Waals surface area (Å²) in [5.41, 5.74) is 15.5. The van der Waals surface area contributed by atoms with Crippen molar-refractivity contribution in [3.05, 3.63) is 238 Å². The van der Waals surface area contributed by atoms with Gasteiger partial charge in [-0.05, 0) is 45.3 Å². The van der Waals surface area contributed by atoms with E-state index in [4.69, 9.17) is 21.4 Å². The quantitative estimate of drug-likeness (QED) is 0.0361. The highest BCUT2D eigenvalue weighted by molar-refractivity contribution is 5.92. The minimum atomic E-state index is -0.757. The number of ether oxygens (including phenoxy) is 2. The van der Waals surface area contributed by atoms with E-state index in [9.17, 15) is 19.2 Å². The Morgan fingerprint density at radius 2 is 1.01 bits per heavy atom. The fraction of sp³-hybridized carbons (Fsp3) is 0.267. The van der Waals surface area contributed by atoms with Crippen molar-refractivity contribution >= 4 is 23.8 Å². The van der Waals surface area contributed by atoms with Crippen LogP contribution in [0.5, 0.6) is 0 Å². The molecule has 2 fully saturated rings. The number of azide groups is 1. The van der Waals surface area contributed by atoms with Crippen molar-refractivity contribution in [2.45, 2.75) is 76.5 Å². The number of rotatable bonds is 13. The van der Waals surface area contributed by atoms with Gasteiger partial charge in [0.2, 0.25) is 11.8 Å². The van der Waals surface area contributed by atoms with E-state index in [1.165, 1.54) is 24.7 Å². The number of aromatic nitrogens is 3. The predicted molar refractivity (Wildman–Crippen MR) is 287 cm³/mol. The molecule has 74 heavy (non-hydrogen) atoms. The van der Waals surface area contributed by atoms with Crippen LogP contribution in [-0.4, -0.2) is 94.0 Å². The second-order valence-electron chi connectivity index (χ2n) is 17.3. The summed E-state index contributed by atoms with van der Waals surface area (Å²) in [6.07, 6.45) is 8.94. The van der Waals surface area contributed by atoms with Crippen molar-refractivity contribution in [1.29, 1.82) is 0 Å². The lowest BCUT2D eigenvalue weighted by atomic mass is 9.90. The fourth-order valence-electron chi connectivity index (χ4n) is 9.25. The van der Waals surface area contributed by atoms with Crippen LogP contribution in [0.4, 0.5) is 0 Å².